The van der Waals surface area contributed by atoms with E-state index in [0.717, 1.165) is 37.9 Å². The predicted octanol–water partition coefficient (Wildman–Crippen LogP) is 2.51. The molecule has 0 aliphatic carbocycles. The Bertz CT molecular complexity index is 227. The smallest absolute Gasteiger partial charge is 0.324 e. The van der Waals surface area contributed by atoms with E-state index in [-0.39, 0.29) is 0 Å². The lowest BCUT2D eigenvalue weighted by molar-refractivity contribution is -0.144. The highest BCUT2D eigenvalue weighted by molar-refractivity contribution is 7.99. The third kappa shape index (κ3) is 3.39. The van der Waals surface area contributed by atoms with Gasteiger partial charge in [-0.25, -0.2) is 0 Å². The zero-order chi connectivity index (χ0) is 12.0. The van der Waals surface area contributed by atoms with Gasteiger partial charge in [-0.2, -0.15) is 11.8 Å². The van der Waals surface area contributed by atoms with Crippen molar-refractivity contribution in [3.05, 3.63) is 0 Å². The van der Waals surface area contributed by atoms with Crippen molar-refractivity contribution in [1.29, 1.82) is 0 Å². The highest BCUT2D eigenvalue weighted by Gasteiger charge is 2.40. The van der Waals surface area contributed by atoms with Crippen LogP contribution in [0.25, 0.3) is 0 Å². The fourth-order valence-electron chi connectivity index (χ4n) is 2.26. The Hall–Kier alpha value is -0.220. The molecule has 0 aromatic heterocycles. The maximum atomic E-state index is 11.5. The van der Waals surface area contributed by atoms with Crippen LogP contribution in [0.5, 0.6) is 0 Å². The minimum absolute atomic E-state index is 0.347. The zero-order valence-corrected chi connectivity index (χ0v) is 11.1. The second-order valence-corrected chi connectivity index (χ2v) is 5.69. The molecule has 16 heavy (non-hydrogen) atoms. The average molecular weight is 245 g/mol. The number of thioether (sulfide) groups is 1. The van der Waals surface area contributed by atoms with Gasteiger partial charge in [0.1, 0.15) is 5.54 Å². The minimum atomic E-state index is -0.672. The first-order valence-electron chi connectivity index (χ1n) is 6.23. The van der Waals surface area contributed by atoms with Gasteiger partial charge in [0.2, 0.25) is 0 Å². The standard InChI is InChI=1S/C12H23NO2S/c1-3-6-10(4-2)13-12(11(14)15)7-5-8-16-9-12/h10,13H,3-9H2,1-2H3,(H,14,15). The molecule has 1 aliphatic rings. The summed E-state index contributed by atoms with van der Waals surface area (Å²) in [6.07, 6.45) is 4.96. The Labute approximate surface area is 102 Å². The van der Waals surface area contributed by atoms with Crippen LogP contribution in [0.15, 0.2) is 0 Å². The van der Waals surface area contributed by atoms with Gasteiger partial charge in [-0.05, 0) is 31.4 Å². The maximum absolute atomic E-state index is 11.5. The molecule has 0 aromatic carbocycles. The van der Waals surface area contributed by atoms with Gasteiger partial charge in [0.15, 0.2) is 0 Å². The van der Waals surface area contributed by atoms with Crippen molar-refractivity contribution < 1.29 is 9.90 Å². The van der Waals surface area contributed by atoms with Crippen molar-refractivity contribution in [2.45, 2.75) is 57.5 Å². The van der Waals surface area contributed by atoms with Gasteiger partial charge in [0.05, 0.1) is 0 Å². The molecule has 94 valence electrons. The van der Waals surface area contributed by atoms with Crippen LogP contribution in [0.2, 0.25) is 0 Å². The Balaban J connectivity index is 2.65. The van der Waals surface area contributed by atoms with Gasteiger partial charge in [-0.1, -0.05) is 20.3 Å². The quantitative estimate of drug-likeness (QED) is 0.755. The largest absolute Gasteiger partial charge is 0.480 e. The van der Waals surface area contributed by atoms with Crippen LogP contribution in [0, 0.1) is 0 Å². The first-order chi connectivity index (χ1) is 7.64. The number of carboxylic acid groups (broad SMARTS) is 1. The van der Waals surface area contributed by atoms with Gasteiger partial charge in [-0.3, -0.25) is 10.1 Å². The molecule has 0 aromatic rings. The van der Waals surface area contributed by atoms with Crippen molar-refractivity contribution in [2.24, 2.45) is 0 Å². The number of hydrogen-bond donors (Lipinski definition) is 2. The Kier molecular flexibility index (Phi) is 5.62. The summed E-state index contributed by atoms with van der Waals surface area (Å²) in [4.78, 5) is 11.5. The molecule has 2 unspecified atom stereocenters. The number of carbonyl (C=O) groups is 1. The number of nitrogens with one attached hydrogen (secondary N) is 1. The third-order valence-corrected chi connectivity index (χ3v) is 4.53. The van der Waals surface area contributed by atoms with Crippen LogP contribution in [0.4, 0.5) is 0 Å². The van der Waals surface area contributed by atoms with Gasteiger partial charge >= 0.3 is 5.97 Å². The topological polar surface area (TPSA) is 49.3 Å². The number of carboxylic acids is 1. The van der Waals surface area contributed by atoms with Crippen LogP contribution < -0.4 is 5.32 Å². The summed E-state index contributed by atoms with van der Waals surface area (Å²) in [6, 6.07) is 0.347. The Morgan fingerprint density at radius 2 is 2.31 bits per heavy atom. The van der Waals surface area contributed by atoms with E-state index in [9.17, 15) is 9.90 Å². The fraction of sp³-hybridized carbons (Fsp3) is 0.917. The fourth-order valence-corrected chi connectivity index (χ4v) is 3.45. The molecule has 3 nitrogen and oxygen atoms in total. The molecule has 1 rings (SSSR count). The van der Waals surface area contributed by atoms with Crippen molar-refractivity contribution in [3.63, 3.8) is 0 Å². The normalized spacial score (nSPS) is 27.6. The van der Waals surface area contributed by atoms with Crippen molar-refractivity contribution >= 4 is 17.7 Å². The summed E-state index contributed by atoms with van der Waals surface area (Å²) >= 11 is 1.76. The van der Waals surface area contributed by atoms with Crippen LogP contribution in [0.3, 0.4) is 0 Å². The number of aliphatic carboxylic acids is 1. The van der Waals surface area contributed by atoms with E-state index in [1.807, 2.05) is 0 Å². The maximum Gasteiger partial charge on any atom is 0.324 e. The van der Waals surface area contributed by atoms with E-state index in [0.29, 0.717) is 11.8 Å². The van der Waals surface area contributed by atoms with E-state index in [1.54, 1.807) is 11.8 Å². The lowest BCUT2D eigenvalue weighted by Gasteiger charge is -2.37. The molecule has 2 atom stereocenters. The monoisotopic (exact) mass is 245 g/mol. The van der Waals surface area contributed by atoms with E-state index in [2.05, 4.69) is 19.2 Å². The molecule has 0 spiro atoms. The third-order valence-electron chi connectivity index (χ3n) is 3.26. The minimum Gasteiger partial charge on any atom is -0.480 e. The van der Waals surface area contributed by atoms with E-state index >= 15 is 0 Å². The molecular weight excluding hydrogens is 222 g/mol. The Morgan fingerprint density at radius 1 is 1.56 bits per heavy atom. The predicted molar refractivity (Wildman–Crippen MR) is 69.0 cm³/mol. The molecule has 1 heterocycles. The van der Waals surface area contributed by atoms with Crippen molar-refractivity contribution in [1.82, 2.24) is 5.32 Å². The summed E-state index contributed by atoms with van der Waals surface area (Å²) in [5, 5.41) is 12.8. The molecule has 2 N–H and O–H groups in total. The summed E-state index contributed by atoms with van der Waals surface area (Å²) in [6.45, 7) is 4.27. The Morgan fingerprint density at radius 3 is 2.75 bits per heavy atom. The lowest BCUT2D eigenvalue weighted by atomic mass is 9.93. The summed E-state index contributed by atoms with van der Waals surface area (Å²) < 4.78 is 0. The first kappa shape index (κ1) is 13.8. The molecule has 0 bridgehead atoms. The van der Waals surface area contributed by atoms with Crippen LogP contribution in [-0.2, 0) is 4.79 Å². The van der Waals surface area contributed by atoms with Gasteiger partial charge in [-0.15, -0.1) is 0 Å². The first-order valence-corrected chi connectivity index (χ1v) is 7.39. The molecule has 1 saturated heterocycles. The molecule has 0 amide bonds. The van der Waals surface area contributed by atoms with Gasteiger partial charge in [0, 0.05) is 11.8 Å². The number of hydrogen-bond acceptors (Lipinski definition) is 3. The lowest BCUT2D eigenvalue weighted by Crippen LogP contribution is -2.59. The number of rotatable bonds is 6. The van der Waals surface area contributed by atoms with Crippen LogP contribution in [-0.4, -0.2) is 34.2 Å². The van der Waals surface area contributed by atoms with E-state index in [1.165, 1.54) is 0 Å². The second-order valence-electron chi connectivity index (χ2n) is 4.58. The molecule has 0 radical (unpaired) electrons. The van der Waals surface area contributed by atoms with Crippen molar-refractivity contribution in [2.75, 3.05) is 11.5 Å². The highest BCUT2D eigenvalue weighted by Crippen LogP contribution is 2.28. The molecule has 0 saturated carbocycles. The van der Waals surface area contributed by atoms with E-state index < -0.39 is 11.5 Å². The molecule has 4 heteroatoms. The van der Waals surface area contributed by atoms with Gasteiger partial charge in [0.25, 0.3) is 0 Å². The second kappa shape index (κ2) is 6.50. The molecule has 1 aliphatic heterocycles. The van der Waals surface area contributed by atoms with E-state index in [4.69, 9.17) is 0 Å². The average Bonchev–Trinajstić information content (AvgIpc) is 2.29. The summed E-state index contributed by atoms with van der Waals surface area (Å²) in [5.41, 5.74) is -0.668. The summed E-state index contributed by atoms with van der Waals surface area (Å²) in [7, 11) is 0. The highest BCUT2D eigenvalue weighted by atomic mass is 32.2. The molecule has 1 fully saturated rings. The SMILES string of the molecule is CCCC(CC)NC1(C(=O)O)CCCSC1. The van der Waals surface area contributed by atoms with Crippen LogP contribution >= 0.6 is 11.8 Å². The zero-order valence-electron chi connectivity index (χ0n) is 10.3. The summed E-state index contributed by atoms with van der Waals surface area (Å²) in [5.74, 6) is 1.14. The van der Waals surface area contributed by atoms with Crippen LogP contribution in [0.1, 0.15) is 46.0 Å². The molecular formula is C12H23NO2S. The van der Waals surface area contributed by atoms with Crippen molar-refractivity contribution in [3.8, 4) is 0 Å². The van der Waals surface area contributed by atoms with Gasteiger partial charge < -0.3 is 5.11 Å².